The first-order chi connectivity index (χ1) is 12.1. The number of aromatic nitrogens is 1. The Labute approximate surface area is 146 Å². The van der Waals surface area contributed by atoms with Crippen LogP contribution in [-0.2, 0) is 4.74 Å². The number of hydrogen-bond acceptors (Lipinski definition) is 5. The molecule has 8 nitrogen and oxygen atoms in total. The first-order valence-electron chi connectivity index (χ1n) is 8.56. The lowest BCUT2D eigenvalue weighted by molar-refractivity contribution is 0.0566. The molecular formula is C17H22N4O4. The fourth-order valence-corrected chi connectivity index (χ4v) is 2.65. The number of nitrogens with zero attached hydrogens (tertiary/aromatic N) is 3. The minimum Gasteiger partial charge on any atom is -0.450 e. The van der Waals surface area contributed by atoms with Crippen LogP contribution in [0, 0.1) is 0 Å². The van der Waals surface area contributed by atoms with Gasteiger partial charge in [-0.05, 0) is 31.9 Å². The second kappa shape index (κ2) is 7.50. The molecule has 1 aromatic rings. The van der Waals surface area contributed by atoms with Crippen LogP contribution in [0.5, 0.6) is 0 Å². The van der Waals surface area contributed by atoms with E-state index in [0.29, 0.717) is 38.3 Å². The van der Waals surface area contributed by atoms with Gasteiger partial charge in [0.2, 0.25) is 0 Å². The van der Waals surface area contributed by atoms with E-state index in [1.165, 1.54) is 12.3 Å². The Morgan fingerprint density at radius 3 is 2.52 bits per heavy atom. The zero-order valence-electron chi connectivity index (χ0n) is 14.2. The number of rotatable bonds is 4. The van der Waals surface area contributed by atoms with Gasteiger partial charge in [-0.3, -0.25) is 14.6 Å². The van der Waals surface area contributed by atoms with E-state index in [4.69, 9.17) is 4.74 Å². The first kappa shape index (κ1) is 17.2. The summed E-state index contributed by atoms with van der Waals surface area (Å²) in [5.41, 5.74) is 0.684. The molecule has 0 unspecified atom stereocenters. The van der Waals surface area contributed by atoms with Crippen LogP contribution in [0.1, 0.15) is 40.6 Å². The number of hydrogen-bond donors (Lipinski definition) is 1. The highest BCUT2D eigenvalue weighted by molar-refractivity contribution is 5.98. The first-order valence-corrected chi connectivity index (χ1v) is 8.56. The zero-order valence-corrected chi connectivity index (χ0v) is 14.2. The van der Waals surface area contributed by atoms with Crippen molar-refractivity contribution in [2.24, 2.45) is 0 Å². The summed E-state index contributed by atoms with van der Waals surface area (Å²) in [5.74, 6) is -0.407. The Morgan fingerprint density at radius 2 is 1.88 bits per heavy atom. The van der Waals surface area contributed by atoms with Gasteiger partial charge < -0.3 is 19.9 Å². The summed E-state index contributed by atoms with van der Waals surface area (Å²) >= 11 is 0. The molecule has 1 aliphatic heterocycles. The molecule has 2 fully saturated rings. The van der Waals surface area contributed by atoms with Crippen molar-refractivity contribution in [3.05, 3.63) is 29.6 Å². The average molecular weight is 346 g/mol. The average Bonchev–Trinajstić information content (AvgIpc) is 3.45. The Bertz CT molecular complexity index is 666. The molecule has 0 atom stereocenters. The van der Waals surface area contributed by atoms with Gasteiger partial charge >= 0.3 is 6.09 Å². The van der Waals surface area contributed by atoms with Gasteiger partial charge in [-0.15, -0.1) is 0 Å². The Balaban J connectivity index is 1.59. The molecule has 0 spiro atoms. The van der Waals surface area contributed by atoms with Crippen molar-refractivity contribution in [1.29, 1.82) is 0 Å². The number of ether oxygens (including phenoxy) is 1. The molecule has 0 radical (unpaired) electrons. The van der Waals surface area contributed by atoms with Gasteiger partial charge in [-0.2, -0.15) is 0 Å². The van der Waals surface area contributed by atoms with Crippen LogP contribution in [0.15, 0.2) is 18.3 Å². The Hall–Kier alpha value is -2.64. The maximum atomic E-state index is 12.6. The summed E-state index contributed by atoms with van der Waals surface area (Å²) in [6.45, 7) is 3.77. The van der Waals surface area contributed by atoms with Crippen LogP contribution in [0.4, 0.5) is 4.79 Å². The number of pyridine rings is 1. The molecule has 0 bridgehead atoms. The van der Waals surface area contributed by atoms with Gasteiger partial charge in [0.15, 0.2) is 0 Å². The fraction of sp³-hybridized carbons (Fsp3) is 0.529. The molecule has 1 aliphatic carbocycles. The van der Waals surface area contributed by atoms with Crippen LogP contribution in [-0.4, -0.2) is 71.5 Å². The Kier molecular flexibility index (Phi) is 5.16. The van der Waals surface area contributed by atoms with Crippen LogP contribution < -0.4 is 5.32 Å². The van der Waals surface area contributed by atoms with Gasteiger partial charge in [-0.25, -0.2) is 4.79 Å². The standard InChI is InChI=1S/C17H22N4O4/c1-2-25-17(24)21-9-7-20(8-10-21)16(23)14-11-12(5-6-18-14)15(22)19-13-3-4-13/h5-6,11,13H,2-4,7-10H2,1H3,(H,19,22). The van der Waals surface area contributed by atoms with Crippen molar-refractivity contribution in [3.8, 4) is 0 Å². The van der Waals surface area contributed by atoms with E-state index in [-0.39, 0.29) is 29.6 Å². The SMILES string of the molecule is CCOC(=O)N1CCN(C(=O)c2cc(C(=O)NC3CC3)ccn2)CC1. The van der Waals surface area contributed by atoms with Crippen molar-refractivity contribution in [1.82, 2.24) is 20.1 Å². The van der Waals surface area contributed by atoms with Gasteiger partial charge in [0.25, 0.3) is 11.8 Å². The highest BCUT2D eigenvalue weighted by atomic mass is 16.6. The number of nitrogens with one attached hydrogen (secondary N) is 1. The fourth-order valence-electron chi connectivity index (χ4n) is 2.65. The summed E-state index contributed by atoms with van der Waals surface area (Å²) in [5, 5.41) is 2.90. The van der Waals surface area contributed by atoms with Crippen LogP contribution in [0.2, 0.25) is 0 Å². The quantitative estimate of drug-likeness (QED) is 0.874. The smallest absolute Gasteiger partial charge is 0.409 e. The normalized spacial score (nSPS) is 17.2. The number of amides is 3. The maximum Gasteiger partial charge on any atom is 0.409 e. The molecule has 1 N–H and O–H groups in total. The second-order valence-corrected chi connectivity index (χ2v) is 6.16. The molecule has 1 saturated carbocycles. The molecule has 25 heavy (non-hydrogen) atoms. The number of piperazine rings is 1. The second-order valence-electron chi connectivity index (χ2n) is 6.16. The molecule has 1 aromatic heterocycles. The molecule has 3 amide bonds. The lowest BCUT2D eigenvalue weighted by atomic mass is 10.2. The zero-order chi connectivity index (χ0) is 17.8. The molecule has 1 saturated heterocycles. The molecule has 134 valence electrons. The van der Waals surface area contributed by atoms with Gasteiger partial charge in [-0.1, -0.05) is 0 Å². The maximum absolute atomic E-state index is 12.6. The van der Waals surface area contributed by atoms with Crippen LogP contribution >= 0.6 is 0 Å². The highest BCUT2D eigenvalue weighted by Gasteiger charge is 2.27. The molecule has 2 aliphatic rings. The topological polar surface area (TPSA) is 91.8 Å². The van der Waals surface area contributed by atoms with E-state index in [1.54, 1.807) is 22.8 Å². The highest BCUT2D eigenvalue weighted by Crippen LogP contribution is 2.19. The molecular weight excluding hydrogens is 324 g/mol. The van der Waals surface area contributed by atoms with E-state index in [9.17, 15) is 14.4 Å². The largest absolute Gasteiger partial charge is 0.450 e. The van der Waals surface area contributed by atoms with Crippen molar-refractivity contribution in [2.45, 2.75) is 25.8 Å². The summed E-state index contributed by atoms with van der Waals surface area (Å²) in [7, 11) is 0. The lowest BCUT2D eigenvalue weighted by Crippen LogP contribution is -2.50. The van der Waals surface area contributed by atoms with Gasteiger partial charge in [0, 0.05) is 44.0 Å². The number of carbonyl (C=O) groups excluding carboxylic acids is 3. The molecule has 0 aromatic carbocycles. The third-order valence-electron chi connectivity index (χ3n) is 4.25. The van der Waals surface area contributed by atoms with E-state index in [2.05, 4.69) is 10.3 Å². The van der Waals surface area contributed by atoms with E-state index < -0.39 is 0 Å². The van der Waals surface area contributed by atoms with E-state index in [1.807, 2.05) is 0 Å². The summed E-state index contributed by atoms with van der Waals surface area (Å²) in [4.78, 5) is 43.7. The van der Waals surface area contributed by atoms with Gasteiger partial charge in [0.1, 0.15) is 5.69 Å². The van der Waals surface area contributed by atoms with Crippen LogP contribution in [0.3, 0.4) is 0 Å². The molecule has 3 rings (SSSR count). The number of carbonyl (C=O) groups is 3. The third-order valence-corrected chi connectivity index (χ3v) is 4.25. The van der Waals surface area contributed by atoms with Crippen molar-refractivity contribution in [2.75, 3.05) is 32.8 Å². The van der Waals surface area contributed by atoms with Crippen molar-refractivity contribution < 1.29 is 19.1 Å². The lowest BCUT2D eigenvalue weighted by Gasteiger charge is -2.33. The molecule has 8 heteroatoms. The predicted molar refractivity (Wildman–Crippen MR) is 89.2 cm³/mol. The van der Waals surface area contributed by atoms with Gasteiger partial charge in [0.05, 0.1) is 6.61 Å². The monoisotopic (exact) mass is 346 g/mol. The Morgan fingerprint density at radius 1 is 1.20 bits per heavy atom. The minimum absolute atomic E-state index is 0.175. The minimum atomic E-state index is -0.355. The summed E-state index contributed by atoms with van der Waals surface area (Å²) in [6, 6.07) is 3.39. The summed E-state index contributed by atoms with van der Waals surface area (Å²) < 4.78 is 4.97. The van der Waals surface area contributed by atoms with Crippen molar-refractivity contribution >= 4 is 17.9 Å². The third kappa shape index (κ3) is 4.26. The van der Waals surface area contributed by atoms with E-state index >= 15 is 0 Å². The summed E-state index contributed by atoms with van der Waals surface area (Å²) in [6.07, 6.45) is 3.14. The van der Waals surface area contributed by atoms with Crippen LogP contribution in [0.25, 0.3) is 0 Å². The van der Waals surface area contributed by atoms with Crippen molar-refractivity contribution in [3.63, 3.8) is 0 Å². The van der Waals surface area contributed by atoms with E-state index in [0.717, 1.165) is 12.8 Å². The predicted octanol–water partition coefficient (Wildman–Crippen LogP) is 0.888. The molecule has 2 heterocycles.